The average Bonchev–Trinajstić information content (AvgIpc) is 3.38. The van der Waals surface area contributed by atoms with Gasteiger partial charge in [-0.3, -0.25) is 33.6 Å². The maximum atomic E-state index is 13.6. The SMILES string of the molecule is CC(=O)N[C@@]1(OC(C)=O)C(OC(C)=O)[C@H](OC(C)=O)C(COC(C)=O)O[C@H]1NC(=O)C[C@H](NC(=O)OCC1c2ccccc2-c2ccccc21)C(C)=O. The minimum atomic E-state index is -2.59. The Labute approximate surface area is 304 Å². The van der Waals surface area contributed by atoms with Crippen LogP contribution >= 0.6 is 0 Å². The molecule has 0 bridgehead atoms. The summed E-state index contributed by atoms with van der Waals surface area (Å²) in [6.45, 7) is 5.49. The van der Waals surface area contributed by atoms with Gasteiger partial charge in [0.15, 0.2) is 18.1 Å². The van der Waals surface area contributed by atoms with E-state index in [1.54, 1.807) is 0 Å². The van der Waals surface area contributed by atoms with Crippen molar-refractivity contribution in [3.8, 4) is 11.1 Å². The number of carbonyl (C=O) groups is 8. The number of carbonyl (C=O) groups excluding carboxylic acids is 8. The Hall–Kier alpha value is -5.84. The van der Waals surface area contributed by atoms with Crippen molar-refractivity contribution in [1.82, 2.24) is 16.0 Å². The number of ketones is 1. The fourth-order valence-corrected chi connectivity index (χ4v) is 6.34. The van der Waals surface area contributed by atoms with E-state index in [4.69, 9.17) is 28.4 Å². The maximum absolute atomic E-state index is 13.6. The van der Waals surface area contributed by atoms with Gasteiger partial charge in [-0.1, -0.05) is 48.5 Å². The van der Waals surface area contributed by atoms with Crippen LogP contribution in [-0.4, -0.2) is 97.1 Å². The van der Waals surface area contributed by atoms with E-state index in [-0.39, 0.29) is 12.5 Å². The van der Waals surface area contributed by atoms with E-state index in [1.165, 1.54) is 0 Å². The van der Waals surface area contributed by atoms with Crippen molar-refractivity contribution in [1.29, 1.82) is 0 Å². The molecular weight excluding hydrogens is 698 g/mol. The fraction of sp³-hybridized carbons (Fsp3) is 0.444. The van der Waals surface area contributed by atoms with Crippen molar-refractivity contribution in [3.05, 3.63) is 59.7 Å². The molecule has 4 rings (SSSR count). The number of Topliss-reactive ketones (excluding diaryl/α,β-unsaturated/α-hetero) is 1. The summed E-state index contributed by atoms with van der Waals surface area (Å²) < 4.78 is 32.9. The lowest BCUT2D eigenvalue weighted by Gasteiger charge is -2.51. The molecule has 6 atom stereocenters. The molecule has 2 aromatic rings. The molecule has 284 valence electrons. The summed E-state index contributed by atoms with van der Waals surface area (Å²) in [6.07, 6.45) is -8.66. The van der Waals surface area contributed by atoms with Gasteiger partial charge in [0.25, 0.3) is 5.72 Å². The van der Waals surface area contributed by atoms with E-state index in [0.29, 0.717) is 0 Å². The molecule has 0 spiro atoms. The summed E-state index contributed by atoms with van der Waals surface area (Å²) in [6, 6.07) is 14.0. The Morgan fingerprint density at radius 3 is 1.83 bits per heavy atom. The minimum Gasteiger partial charge on any atom is -0.463 e. The van der Waals surface area contributed by atoms with Crippen LogP contribution in [0.3, 0.4) is 0 Å². The van der Waals surface area contributed by atoms with Gasteiger partial charge in [0.05, 0.1) is 12.5 Å². The Balaban J connectivity index is 1.57. The highest BCUT2D eigenvalue weighted by atomic mass is 16.7. The lowest BCUT2D eigenvalue weighted by atomic mass is 9.90. The number of hydrogen-bond acceptors (Lipinski definition) is 14. The van der Waals surface area contributed by atoms with Crippen molar-refractivity contribution in [2.24, 2.45) is 0 Å². The lowest BCUT2D eigenvalue weighted by molar-refractivity contribution is -0.299. The van der Waals surface area contributed by atoms with Gasteiger partial charge in [-0.15, -0.1) is 0 Å². The highest BCUT2D eigenvalue weighted by Crippen LogP contribution is 2.44. The zero-order chi connectivity index (χ0) is 39.0. The number of fused-ring (bicyclic) bond motifs is 3. The molecule has 2 aliphatic rings. The number of hydrogen-bond donors (Lipinski definition) is 3. The normalized spacial score (nSPS) is 22.1. The highest BCUT2D eigenvalue weighted by Gasteiger charge is 2.64. The van der Waals surface area contributed by atoms with Gasteiger partial charge in [-0.25, -0.2) is 4.79 Å². The summed E-state index contributed by atoms with van der Waals surface area (Å²) in [4.78, 5) is 101. The number of ether oxygens (including phenoxy) is 6. The third kappa shape index (κ3) is 9.73. The molecule has 0 radical (unpaired) electrons. The first-order chi connectivity index (χ1) is 25.0. The van der Waals surface area contributed by atoms with Crippen LogP contribution < -0.4 is 16.0 Å². The molecule has 3 amide bonds. The molecule has 1 saturated heterocycles. The lowest BCUT2D eigenvalue weighted by Crippen LogP contribution is -2.79. The van der Waals surface area contributed by atoms with Crippen LogP contribution in [0.4, 0.5) is 4.79 Å². The number of benzene rings is 2. The van der Waals surface area contributed by atoms with Gasteiger partial charge in [0.2, 0.25) is 17.9 Å². The van der Waals surface area contributed by atoms with Crippen LogP contribution in [0.25, 0.3) is 11.1 Å². The molecule has 1 aliphatic carbocycles. The molecule has 2 aromatic carbocycles. The molecule has 1 fully saturated rings. The van der Waals surface area contributed by atoms with E-state index < -0.39 is 96.9 Å². The largest absolute Gasteiger partial charge is 0.463 e. The predicted molar refractivity (Wildman–Crippen MR) is 180 cm³/mol. The molecule has 17 nitrogen and oxygen atoms in total. The zero-order valence-electron chi connectivity index (χ0n) is 29.9. The molecule has 0 saturated carbocycles. The van der Waals surface area contributed by atoms with Gasteiger partial charge < -0.3 is 44.4 Å². The molecule has 3 N–H and O–H groups in total. The molecule has 1 aliphatic heterocycles. The third-order valence-electron chi connectivity index (χ3n) is 8.33. The first-order valence-electron chi connectivity index (χ1n) is 16.5. The van der Waals surface area contributed by atoms with Crippen molar-refractivity contribution >= 4 is 47.6 Å². The summed E-state index contributed by atoms with van der Waals surface area (Å²) in [5.74, 6) is -6.52. The molecule has 2 unspecified atom stereocenters. The molecule has 17 heteroatoms. The highest BCUT2D eigenvalue weighted by molar-refractivity contribution is 5.91. The Morgan fingerprint density at radius 1 is 0.736 bits per heavy atom. The number of alkyl carbamates (subject to hydrolysis) is 1. The van der Waals surface area contributed by atoms with Crippen molar-refractivity contribution < 1.29 is 66.8 Å². The van der Waals surface area contributed by atoms with Crippen molar-refractivity contribution in [2.45, 2.75) is 90.2 Å². The van der Waals surface area contributed by atoms with Crippen molar-refractivity contribution in [3.63, 3.8) is 0 Å². The van der Waals surface area contributed by atoms with Gasteiger partial charge >= 0.3 is 30.0 Å². The van der Waals surface area contributed by atoms with E-state index in [9.17, 15) is 38.4 Å². The molecule has 1 heterocycles. The molecule has 0 aromatic heterocycles. The average molecular weight is 740 g/mol. The summed E-state index contributed by atoms with van der Waals surface area (Å²) in [7, 11) is 0. The number of esters is 4. The number of nitrogens with one attached hydrogen (secondary N) is 3. The first kappa shape index (κ1) is 39.9. The Bertz CT molecular complexity index is 1720. The standard InChI is InChI=1S/C36H41N3O14/c1-18(40)29(37-35(47)49-16-28-26-13-9-7-11-24(26)25-12-8-10-14-27(25)28)15-31(46)38-34-36(39-19(2)41,53-23(6)45)33(51-22(5)44)32(50-21(4)43)30(52-34)17-48-20(3)42/h7-14,28-30,32-34H,15-17H2,1-6H3,(H,37,47)(H,38,46)(H,39,41)/t29-,30?,32+,33?,34+,36+/m0/s1. The second-order valence-corrected chi connectivity index (χ2v) is 12.4. The smallest absolute Gasteiger partial charge is 0.407 e. The summed E-state index contributed by atoms with van der Waals surface area (Å²) in [5.41, 5.74) is 1.35. The minimum absolute atomic E-state index is 0.0705. The van der Waals surface area contributed by atoms with Gasteiger partial charge in [0, 0.05) is 40.5 Å². The summed E-state index contributed by atoms with van der Waals surface area (Å²) in [5, 5.41) is 7.14. The number of amides is 3. The van der Waals surface area contributed by atoms with Gasteiger partial charge in [-0.05, 0) is 29.2 Å². The van der Waals surface area contributed by atoms with Gasteiger partial charge in [0.1, 0.15) is 19.3 Å². The van der Waals surface area contributed by atoms with Crippen LogP contribution in [0, 0.1) is 0 Å². The maximum Gasteiger partial charge on any atom is 0.407 e. The van der Waals surface area contributed by atoms with Crippen LogP contribution in [0.5, 0.6) is 0 Å². The van der Waals surface area contributed by atoms with Crippen LogP contribution in [0.2, 0.25) is 0 Å². The van der Waals surface area contributed by atoms with Crippen LogP contribution in [0.1, 0.15) is 65.0 Å². The first-order valence-corrected chi connectivity index (χ1v) is 16.5. The van der Waals surface area contributed by atoms with Crippen LogP contribution in [0.15, 0.2) is 48.5 Å². The second kappa shape index (κ2) is 17.1. The van der Waals surface area contributed by atoms with E-state index in [0.717, 1.165) is 63.8 Å². The van der Waals surface area contributed by atoms with Gasteiger partial charge in [-0.2, -0.15) is 0 Å². The Morgan fingerprint density at radius 2 is 1.32 bits per heavy atom. The fourth-order valence-electron chi connectivity index (χ4n) is 6.34. The number of rotatable bonds is 13. The quantitative estimate of drug-likeness (QED) is 0.150. The zero-order valence-corrected chi connectivity index (χ0v) is 29.9. The van der Waals surface area contributed by atoms with E-state index >= 15 is 0 Å². The third-order valence-corrected chi connectivity index (χ3v) is 8.33. The van der Waals surface area contributed by atoms with Crippen LogP contribution in [-0.2, 0) is 62.0 Å². The monoisotopic (exact) mass is 739 g/mol. The predicted octanol–water partition coefficient (Wildman–Crippen LogP) is 1.54. The van der Waals surface area contributed by atoms with Crippen molar-refractivity contribution in [2.75, 3.05) is 13.2 Å². The summed E-state index contributed by atoms with van der Waals surface area (Å²) >= 11 is 0. The second-order valence-electron chi connectivity index (χ2n) is 12.4. The Kier molecular flexibility index (Phi) is 12.9. The van der Waals surface area contributed by atoms with E-state index in [1.807, 2.05) is 48.5 Å². The topological polar surface area (TPSA) is 228 Å². The van der Waals surface area contributed by atoms with E-state index in [2.05, 4.69) is 16.0 Å². The molecular formula is C36H41N3O14. The molecule has 53 heavy (non-hydrogen) atoms.